The van der Waals surface area contributed by atoms with Crippen LogP contribution in [0, 0.1) is 5.82 Å². The van der Waals surface area contributed by atoms with Crippen LogP contribution in [0.1, 0.15) is 53.5 Å². The second kappa shape index (κ2) is 9.17. The highest BCUT2D eigenvalue weighted by Gasteiger charge is 2.35. The molecule has 30 heavy (non-hydrogen) atoms. The van der Waals surface area contributed by atoms with E-state index in [1.165, 1.54) is 40.8 Å². The third-order valence-electron chi connectivity index (χ3n) is 5.19. The standard InChI is InChI=1S/C21H21FN4O3S/c22-15-9-7-14(8-10-15)19(20(27)23-16-4-1-2-5-16)26(12-17-6-3-11-29-17)21(28)18-13-30-25-24-18/h3,6-11,13,16,19H,1-2,4-5,12H2,(H,23,27)/t19-/m0/s1. The summed E-state index contributed by atoms with van der Waals surface area (Å²) in [7, 11) is 0. The first-order valence-electron chi connectivity index (χ1n) is 9.78. The van der Waals surface area contributed by atoms with Gasteiger partial charge in [-0.15, -0.1) is 5.10 Å². The number of halogens is 1. The van der Waals surface area contributed by atoms with Crippen molar-refractivity contribution < 1.29 is 18.4 Å². The number of nitrogens with one attached hydrogen (secondary N) is 1. The largest absolute Gasteiger partial charge is 0.467 e. The van der Waals surface area contributed by atoms with Crippen molar-refractivity contribution in [2.45, 2.75) is 44.3 Å². The van der Waals surface area contributed by atoms with Crippen LogP contribution in [0.4, 0.5) is 4.39 Å². The smallest absolute Gasteiger partial charge is 0.276 e. The van der Waals surface area contributed by atoms with Gasteiger partial charge in [0.05, 0.1) is 12.8 Å². The number of hydrogen-bond donors (Lipinski definition) is 1. The Morgan fingerprint density at radius 1 is 1.23 bits per heavy atom. The topological polar surface area (TPSA) is 88.3 Å². The summed E-state index contributed by atoms with van der Waals surface area (Å²) in [6.45, 7) is 0.0590. The molecule has 0 unspecified atom stereocenters. The lowest BCUT2D eigenvalue weighted by molar-refractivity contribution is -0.126. The van der Waals surface area contributed by atoms with Gasteiger partial charge in [-0.05, 0) is 54.2 Å². The van der Waals surface area contributed by atoms with Gasteiger partial charge in [0, 0.05) is 11.4 Å². The van der Waals surface area contributed by atoms with Crippen LogP contribution in [0.15, 0.2) is 52.5 Å². The van der Waals surface area contributed by atoms with Crippen molar-refractivity contribution in [2.75, 3.05) is 0 Å². The molecule has 0 spiro atoms. The zero-order valence-corrected chi connectivity index (χ0v) is 17.0. The van der Waals surface area contributed by atoms with Crippen molar-refractivity contribution >= 4 is 23.3 Å². The number of hydrogen-bond acceptors (Lipinski definition) is 6. The monoisotopic (exact) mass is 428 g/mol. The predicted molar refractivity (Wildman–Crippen MR) is 108 cm³/mol. The Labute approximate surface area is 177 Å². The summed E-state index contributed by atoms with van der Waals surface area (Å²) < 4.78 is 22.7. The van der Waals surface area contributed by atoms with Gasteiger partial charge in [-0.25, -0.2) is 4.39 Å². The lowest BCUT2D eigenvalue weighted by atomic mass is 10.0. The number of furan rings is 1. The van der Waals surface area contributed by atoms with E-state index in [0.29, 0.717) is 11.3 Å². The van der Waals surface area contributed by atoms with Gasteiger partial charge < -0.3 is 14.6 Å². The summed E-state index contributed by atoms with van der Waals surface area (Å²) in [6, 6.07) is 8.17. The Morgan fingerprint density at radius 3 is 2.63 bits per heavy atom. The predicted octanol–water partition coefficient (Wildman–Crippen LogP) is 3.71. The molecule has 2 heterocycles. The summed E-state index contributed by atoms with van der Waals surface area (Å²) >= 11 is 1.06. The average molecular weight is 428 g/mol. The number of amides is 2. The summed E-state index contributed by atoms with van der Waals surface area (Å²) in [5.74, 6) is -0.652. The fraction of sp³-hybridized carbons (Fsp3) is 0.333. The molecule has 1 N–H and O–H groups in total. The number of rotatable bonds is 7. The van der Waals surface area contributed by atoms with Crippen molar-refractivity contribution in [3.05, 3.63) is 70.9 Å². The molecule has 0 saturated heterocycles. The number of benzene rings is 1. The maximum atomic E-state index is 13.6. The second-order valence-corrected chi connectivity index (χ2v) is 7.86. The van der Waals surface area contributed by atoms with Gasteiger partial charge in [0.2, 0.25) is 5.91 Å². The Morgan fingerprint density at radius 2 is 2.00 bits per heavy atom. The average Bonchev–Trinajstić information content (AvgIpc) is 3.52. The zero-order valence-electron chi connectivity index (χ0n) is 16.2. The van der Waals surface area contributed by atoms with Gasteiger partial charge in [-0.1, -0.05) is 29.5 Å². The van der Waals surface area contributed by atoms with Crippen LogP contribution in [-0.4, -0.2) is 32.3 Å². The van der Waals surface area contributed by atoms with Gasteiger partial charge in [0.1, 0.15) is 17.6 Å². The molecular formula is C21H21FN4O3S. The summed E-state index contributed by atoms with van der Waals surface area (Å²) in [4.78, 5) is 28.1. The maximum absolute atomic E-state index is 13.6. The molecule has 1 aromatic carbocycles. The fourth-order valence-electron chi connectivity index (χ4n) is 3.72. The quantitative estimate of drug-likeness (QED) is 0.620. The highest BCUT2D eigenvalue weighted by Crippen LogP contribution is 2.27. The minimum Gasteiger partial charge on any atom is -0.467 e. The van der Waals surface area contributed by atoms with Gasteiger partial charge in [0.25, 0.3) is 5.91 Å². The number of nitrogens with zero attached hydrogens (tertiary/aromatic N) is 3. The van der Waals surface area contributed by atoms with Gasteiger partial charge >= 0.3 is 0 Å². The first kappa shape index (κ1) is 20.2. The molecule has 0 bridgehead atoms. The molecule has 2 aromatic heterocycles. The minimum absolute atomic E-state index is 0.0590. The second-order valence-electron chi connectivity index (χ2n) is 7.25. The molecule has 7 nitrogen and oxygen atoms in total. The van der Waals surface area contributed by atoms with Crippen molar-refractivity contribution in [1.82, 2.24) is 19.8 Å². The van der Waals surface area contributed by atoms with E-state index >= 15 is 0 Å². The van der Waals surface area contributed by atoms with E-state index in [0.717, 1.165) is 37.2 Å². The molecule has 1 fully saturated rings. The van der Waals surface area contributed by atoms with Gasteiger partial charge in [0.15, 0.2) is 5.69 Å². The van der Waals surface area contributed by atoms with Crippen LogP contribution in [0.5, 0.6) is 0 Å². The van der Waals surface area contributed by atoms with E-state index in [-0.39, 0.29) is 24.2 Å². The van der Waals surface area contributed by atoms with Crippen LogP contribution < -0.4 is 5.32 Å². The molecule has 1 saturated carbocycles. The Balaban J connectivity index is 1.71. The van der Waals surface area contributed by atoms with Gasteiger partial charge in [-0.2, -0.15) is 0 Å². The normalized spacial score (nSPS) is 15.1. The van der Waals surface area contributed by atoms with Crippen molar-refractivity contribution in [2.24, 2.45) is 0 Å². The molecule has 0 aliphatic heterocycles. The van der Waals surface area contributed by atoms with E-state index in [4.69, 9.17) is 4.42 Å². The van der Waals surface area contributed by atoms with Crippen LogP contribution in [0.3, 0.4) is 0 Å². The van der Waals surface area contributed by atoms with Crippen LogP contribution in [0.2, 0.25) is 0 Å². The van der Waals surface area contributed by atoms with Crippen LogP contribution in [0.25, 0.3) is 0 Å². The van der Waals surface area contributed by atoms with Gasteiger partial charge in [-0.3, -0.25) is 9.59 Å². The lowest BCUT2D eigenvalue weighted by Crippen LogP contribution is -2.46. The molecule has 1 aliphatic rings. The molecule has 4 rings (SSSR count). The summed E-state index contributed by atoms with van der Waals surface area (Å²) in [5.41, 5.74) is 0.655. The van der Waals surface area contributed by atoms with E-state index in [9.17, 15) is 14.0 Å². The third kappa shape index (κ3) is 4.56. The van der Waals surface area contributed by atoms with E-state index in [1.54, 1.807) is 12.1 Å². The van der Waals surface area contributed by atoms with Crippen molar-refractivity contribution in [1.29, 1.82) is 0 Å². The van der Waals surface area contributed by atoms with Crippen molar-refractivity contribution in [3.63, 3.8) is 0 Å². The summed E-state index contributed by atoms with van der Waals surface area (Å²) in [6.07, 6.45) is 5.44. The number of carbonyl (C=O) groups is 2. The Kier molecular flexibility index (Phi) is 6.18. The van der Waals surface area contributed by atoms with Crippen LogP contribution in [-0.2, 0) is 11.3 Å². The summed E-state index contributed by atoms with van der Waals surface area (Å²) in [5, 5.41) is 8.47. The zero-order chi connectivity index (χ0) is 20.9. The molecular weight excluding hydrogens is 407 g/mol. The first-order chi connectivity index (χ1) is 14.6. The maximum Gasteiger partial charge on any atom is 0.276 e. The molecule has 0 radical (unpaired) electrons. The minimum atomic E-state index is -0.967. The number of carbonyl (C=O) groups excluding carboxylic acids is 2. The third-order valence-corrected chi connectivity index (χ3v) is 5.70. The number of aromatic nitrogens is 2. The molecule has 156 valence electrons. The SMILES string of the molecule is O=C(NC1CCCC1)[C@H](c1ccc(F)cc1)N(Cc1ccco1)C(=O)c1csnn1. The Hall–Kier alpha value is -3.07. The Bertz CT molecular complexity index is 970. The molecule has 2 amide bonds. The van der Waals surface area contributed by atoms with E-state index in [1.807, 2.05) is 0 Å². The lowest BCUT2D eigenvalue weighted by Gasteiger charge is -2.31. The molecule has 1 atom stereocenters. The first-order valence-corrected chi connectivity index (χ1v) is 10.6. The van der Waals surface area contributed by atoms with Crippen molar-refractivity contribution in [3.8, 4) is 0 Å². The highest BCUT2D eigenvalue weighted by molar-refractivity contribution is 7.03. The van der Waals surface area contributed by atoms with E-state index in [2.05, 4.69) is 14.9 Å². The molecule has 1 aliphatic carbocycles. The molecule has 9 heteroatoms. The molecule has 3 aromatic rings. The highest BCUT2D eigenvalue weighted by atomic mass is 32.1. The fourth-order valence-corrected chi connectivity index (χ4v) is 4.15. The van der Waals surface area contributed by atoms with E-state index < -0.39 is 17.8 Å². The van der Waals surface area contributed by atoms with Crippen LogP contribution >= 0.6 is 11.5 Å².